The van der Waals surface area contributed by atoms with Crippen LogP contribution in [0.1, 0.15) is 18.7 Å². The van der Waals surface area contributed by atoms with Crippen LogP contribution in [0.3, 0.4) is 0 Å². The molecule has 0 amide bonds. The van der Waals surface area contributed by atoms with E-state index in [9.17, 15) is 8.42 Å². The molecule has 0 unspecified atom stereocenters. The van der Waals surface area contributed by atoms with Crippen LogP contribution < -0.4 is 0 Å². The molecule has 6 nitrogen and oxygen atoms in total. The predicted octanol–water partition coefficient (Wildman–Crippen LogP) is 2.47. The monoisotopic (exact) mass is 334 g/mol. The topological polar surface area (TPSA) is 76.1 Å². The molecule has 1 aromatic carbocycles. The second-order valence-corrected chi connectivity index (χ2v) is 7.33. The number of sulfonamides is 1. The Labute approximate surface area is 132 Å². The number of fused-ring (bicyclic) bond motifs is 1. The van der Waals surface area contributed by atoms with Gasteiger partial charge in [0.25, 0.3) is 0 Å². The Morgan fingerprint density at radius 3 is 2.68 bits per heavy atom. The molecule has 0 radical (unpaired) electrons. The zero-order valence-corrected chi connectivity index (χ0v) is 13.7. The van der Waals surface area contributed by atoms with E-state index >= 15 is 0 Å². The molecule has 1 atom stereocenters. The standard InChI is InChI=1S/C14H14N4O2S2/c1-10(11-6-3-4-9-15-11)18(2)22(19,20)13-8-5-7-12-14(13)17-21-16-12/h3-10H,1-2H3/t10-/m0/s1. The van der Waals surface area contributed by atoms with Crippen LogP contribution >= 0.6 is 11.7 Å². The molecule has 2 aromatic heterocycles. The highest BCUT2D eigenvalue weighted by Crippen LogP contribution is 2.28. The maximum absolute atomic E-state index is 12.9. The third kappa shape index (κ3) is 2.49. The normalized spacial score (nSPS) is 13.6. The van der Waals surface area contributed by atoms with Gasteiger partial charge in [-0.3, -0.25) is 4.98 Å². The van der Waals surface area contributed by atoms with Crippen molar-refractivity contribution in [2.24, 2.45) is 0 Å². The van der Waals surface area contributed by atoms with E-state index in [1.54, 1.807) is 44.4 Å². The lowest BCUT2D eigenvalue weighted by atomic mass is 10.2. The number of hydrogen-bond donors (Lipinski definition) is 0. The summed E-state index contributed by atoms with van der Waals surface area (Å²) in [5.74, 6) is 0. The van der Waals surface area contributed by atoms with Crippen LogP contribution in [0.4, 0.5) is 0 Å². The Balaban J connectivity index is 2.04. The minimum atomic E-state index is -3.69. The van der Waals surface area contributed by atoms with E-state index in [0.717, 1.165) is 11.7 Å². The molecule has 0 aliphatic heterocycles. The largest absolute Gasteiger partial charge is 0.260 e. The fourth-order valence-corrected chi connectivity index (χ4v) is 4.25. The highest BCUT2D eigenvalue weighted by Gasteiger charge is 2.29. The first-order valence-electron chi connectivity index (χ1n) is 6.62. The number of rotatable bonds is 4. The van der Waals surface area contributed by atoms with Crippen molar-refractivity contribution in [1.29, 1.82) is 0 Å². The number of nitrogens with zero attached hydrogens (tertiary/aromatic N) is 4. The van der Waals surface area contributed by atoms with Gasteiger partial charge in [0.2, 0.25) is 10.0 Å². The van der Waals surface area contributed by atoms with Gasteiger partial charge in [-0.2, -0.15) is 13.1 Å². The molecule has 0 aliphatic carbocycles. The van der Waals surface area contributed by atoms with E-state index in [4.69, 9.17) is 0 Å². The fourth-order valence-electron chi connectivity index (χ4n) is 2.16. The van der Waals surface area contributed by atoms with Gasteiger partial charge < -0.3 is 0 Å². The lowest BCUT2D eigenvalue weighted by Gasteiger charge is -2.23. The Bertz CT molecular complexity index is 893. The second kappa shape index (κ2) is 5.71. The highest BCUT2D eigenvalue weighted by molar-refractivity contribution is 7.89. The summed E-state index contributed by atoms with van der Waals surface area (Å²) in [7, 11) is -2.14. The summed E-state index contributed by atoms with van der Waals surface area (Å²) in [5.41, 5.74) is 1.69. The van der Waals surface area contributed by atoms with Gasteiger partial charge in [-0.1, -0.05) is 12.1 Å². The Morgan fingerprint density at radius 2 is 1.95 bits per heavy atom. The van der Waals surface area contributed by atoms with E-state index < -0.39 is 10.0 Å². The highest BCUT2D eigenvalue weighted by atomic mass is 32.2. The molecule has 22 heavy (non-hydrogen) atoms. The van der Waals surface area contributed by atoms with Gasteiger partial charge in [0.15, 0.2) is 0 Å². The number of benzene rings is 1. The van der Waals surface area contributed by atoms with Gasteiger partial charge in [0.05, 0.1) is 23.5 Å². The van der Waals surface area contributed by atoms with Gasteiger partial charge >= 0.3 is 0 Å². The summed E-state index contributed by atoms with van der Waals surface area (Å²) in [6.07, 6.45) is 1.65. The Morgan fingerprint density at radius 1 is 1.14 bits per heavy atom. The summed E-state index contributed by atoms with van der Waals surface area (Å²) >= 11 is 1.00. The summed E-state index contributed by atoms with van der Waals surface area (Å²) in [4.78, 5) is 4.40. The van der Waals surface area contributed by atoms with Crippen molar-refractivity contribution in [3.8, 4) is 0 Å². The predicted molar refractivity (Wildman–Crippen MR) is 85.0 cm³/mol. The van der Waals surface area contributed by atoms with E-state index in [2.05, 4.69) is 13.7 Å². The molecule has 0 aliphatic rings. The summed E-state index contributed by atoms with van der Waals surface area (Å²) in [5, 5.41) is 0. The van der Waals surface area contributed by atoms with Crippen LogP contribution in [0, 0.1) is 0 Å². The molecule has 8 heteroatoms. The lowest BCUT2D eigenvalue weighted by Crippen LogP contribution is -2.30. The fraction of sp³-hybridized carbons (Fsp3) is 0.214. The minimum absolute atomic E-state index is 0.170. The maximum Gasteiger partial charge on any atom is 0.245 e. The van der Waals surface area contributed by atoms with Crippen LogP contribution in [0.25, 0.3) is 11.0 Å². The van der Waals surface area contributed by atoms with E-state index in [1.165, 1.54) is 4.31 Å². The minimum Gasteiger partial charge on any atom is -0.260 e. The molecule has 114 valence electrons. The smallest absolute Gasteiger partial charge is 0.245 e. The molecule has 3 rings (SSSR count). The molecule has 2 heterocycles. The second-order valence-electron chi connectivity index (χ2n) is 4.84. The lowest BCUT2D eigenvalue weighted by molar-refractivity contribution is 0.392. The van der Waals surface area contributed by atoms with E-state index in [1.807, 2.05) is 12.1 Å². The first-order valence-corrected chi connectivity index (χ1v) is 8.79. The zero-order valence-electron chi connectivity index (χ0n) is 12.0. The molecular formula is C14H14N4O2S2. The van der Waals surface area contributed by atoms with Crippen molar-refractivity contribution < 1.29 is 8.42 Å². The van der Waals surface area contributed by atoms with E-state index in [-0.39, 0.29) is 10.9 Å². The van der Waals surface area contributed by atoms with Gasteiger partial charge in [0.1, 0.15) is 15.9 Å². The van der Waals surface area contributed by atoms with Crippen molar-refractivity contribution >= 4 is 32.8 Å². The molecule has 0 N–H and O–H groups in total. The van der Waals surface area contributed by atoms with Crippen LogP contribution in [0.5, 0.6) is 0 Å². The van der Waals surface area contributed by atoms with E-state index in [0.29, 0.717) is 16.7 Å². The van der Waals surface area contributed by atoms with Crippen molar-refractivity contribution in [2.45, 2.75) is 17.9 Å². The SMILES string of the molecule is C[C@@H](c1ccccn1)N(C)S(=O)(=O)c1cccc2nsnc12. The van der Waals surface area contributed by atoms with Gasteiger partial charge in [0, 0.05) is 13.2 Å². The average Bonchev–Trinajstić information content (AvgIpc) is 3.02. The van der Waals surface area contributed by atoms with Crippen molar-refractivity contribution in [1.82, 2.24) is 18.0 Å². The van der Waals surface area contributed by atoms with Gasteiger partial charge in [-0.15, -0.1) is 0 Å². The third-order valence-corrected chi connectivity index (χ3v) is 6.07. The molecule has 0 saturated carbocycles. The van der Waals surface area contributed by atoms with Crippen LogP contribution in [-0.2, 0) is 10.0 Å². The first kappa shape index (κ1) is 15.0. The molecule has 0 saturated heterocycles. The molecule has 0 bridgehead atoms. The number of hydrogen-bond acceptors (Lipinski definition) is 6. The number of pyridine rings is 1. The van der Waals surface area contributed by atoms with Crippen molar-refractivity contribution in [3.05, 3.63) is 48.3 Å². The summed E-state index contributed by atoms with van der Waals surface area (Å²) < 4.78 is 35.3. The van der Waals surface area contributed by atoms with Crippen LogP contribution in [-0.4, -0.2) is 33.5 Å². The Hall–Kier alpha value is -1.90. The summed E-state index contributed by atoms with van der Waals surface area (Å²) in [6.45, 7) is 1.80. The van der Waals surface area contributed by atoms with Gasteiger partial charge in [-0.05, 0) is 31.2 Å². The average molecular weight is 334 g/mol. The van der Waals surface area contributed by atoms with Crippen molar-refractivity contribution in [3.63, 3.8) is 0 Å². The third-order valence-electron chi connectivity index (χ3n) is 3.57. The van der Waals surface area contributed by atoms with Gasteiger partial charge in [-0.25, -0.2) is 8.42 Å². The quantitative estimate of drug-likeness (QED) is 0.732. The molecular weight excluding hydrogens is 320 g/mol. The van der Waals surface area contributed by atoms with Crippen molar-refractivity contribution in [2.75, 3.05) is 7.05 Å². The van der Waals surface area contributed by atoms with Crippen LogP contribution in [0.2, 0.25) is 0 Å². The molecule has 0 fully saturated rings. The molecule has 0 spiro atoms. The summed E-state index contributed by atoms with van der Waals surface area (Å²) in [6, 6.07) is 10.0. The molecule has 3 aromatic rings. The zero-order chi connectivity index (χ0) is 15.7. The Kier molecular flexibility index (Phi) is 3.90. The number of aromatic nitrogens is 3. The maximum atomic E-state index is 12.9. The first-order chi connectivity index (χ1) is 10.5. The van der Waals surface area contributed by atoms with Crippen LogP contribution in [0.15, 0.2) is 47.5 Å².